The Kier molecular flexibility index (Phi) is 3.63. The van der Waals surface area contributed by atoms with Crippen molar-refractivity contribution in [1.29, 1.82) is 0 Å². The van der Waals surface area contributed by atoms with Crippen LogP contribution in [0.3, 0.4) is 0 Å². The lowest BCUT2D eigenvalue weighted by Gasteiger charge is -2.05. The molecule has 1 aromatic carbocycles. The van der Waals surface area contributed by atoms with E-state index in [1.807, 2.05) is 31.2 Å². The van der Waals surface area contributed by atoms with Crippen molar-refractivity contribution in [3.63, 3.8) is 0 Å². The Bertz CT molecular complexity index is 292. The summed E-state index contributed by atoms with van der Waals surface area (Å²) in [5.41, 5.74) is 6.86. The summed E-state index contributed by atoms with van der Waals surface area (Å²) < 4.78 is 11.1. The van der Waals surface area contributed by atoms with E-state index in [0.717, 1.165) is 11.3 Å². The summed E-state index contributed by atoms with van der Waals surface area (Å²) in [5, 5.41) is 0. The molecular weight excluding hydrogens is 182 g/mol. The van der Waals surface area contributed by atoms with E-state index in [1.54, 1.807) is 6.26 Å². The molecule has 0 saturated heterocycles. The summed E-state index contributed by atoms with van der Waals surface area (Å²) in [4.78, 5) is 0.869. The Morgan fingerprint density at radius 1 is 1.38 bits per heavy atom. The van der Waals surface area contributed by atoms with E-state index in [9.17, 15) is 4.21 Å². The Morgan fingerprint density at radius 2 is 1.92 bits per heavy atom. The summed E-state index contributed by atoms with van der Waals surface area (Å²) in [5.74, 6) is 0. The molecule has 0 saturated carbocycles. The second kappa shape index (κ2) is 4.53. The lowest BCUT2D eigenvalue weighted by atomic mass is 10.1. The molecule has 72 valence electrons. The van der Waals surface area contributed by atoms with Gasteiger partial charge in [0.25, 0.3) is 0 Å². The van der Waals surface area contributed by atoms with Crippen molar-refractivity contribution in [2.75, 3.05) is 6.26 Å². The minimum absolute atomic E-state index is 0.179. The molecule has 1 aromatic rings. The number of hydrogen-bond acceptors (Lipinski definition) is 2. The van der Waals surface area contributed by atoms with Crippen molar-refractivity contribution in [3.8, 4) is 0 Å². The predicted octanol–water partition coefficient (Wildman–Crippen LogP) is 1.31. The van der Waals surface area contributed by atoms with Gasteiger partial charge < -0.3 is 5.73 Å². The summed E-state index contributed by atoms with van der Waals surface area (Å²) >= 11 is 0. The molecule has 0 heterocycles. The van der Waals surface area contributed by atoms with Crippen molar-refractivity contribution in [2.45, 2.75) is 24.3 Å². The molecule has 0 aliphatic heterocycles. The molecule has 0 aliphatic carbocycles. The highest BCUT2D eigenvalue weighted by atomic mass is 32.2. The smallest absolute Gasteiger partial charge is 0.0498 e. The molecule has 0 bridgehead atoms. The van der Waals surface area contributed by atoms with Crippen LogP contribution in [0.15, 0.2) is 29.2 Å². The van der Waals surface area contributed by atoms with Gasteiger partial charge in [0, 0.05) is 28.0 Å². The van der Waals surface area contributed by atoms with Crippen LogP contribution >= 0.6 is 0 Å². The molecule has 0 amide bonds. The van der Waals surface area contributed by atoms with Gasteiger partial charge in [-0.05, 0) is 31.0 Å². The van der Waals surface area contributed by atoms with Crippen molar-refractivity contribution in [1.82, 2.24) is 0 Å². The maximum atomic E-state index is 11.1. The molecule has 1 rings (SSSR count). The SMILES string of the molecule is CC(N)Cc1ccc(S(C)=O)cc1. The zero-order valence-electron chi connectivity index (χ0n) is 7.99. The molecule has 0 aliphatic rings. The molecule has 0 fully saturated rings. The number of nitrogens with two attached hydrogens (primary N) is 1. The zero-order valence-corrected chi connectivity index (χ0v) is 8.80. The van der Waals surface area contributed by atoms with Crippen LogP contribution in [-0.4, -0.2) is 16.5 Å². The lowest BCUT2D eigenvalue weighted by molar-refractivity contribution is 0.686. The quantitative estimate of drug-likeness (QED) is 0.794. The molecule has 2 nitrogen and oxygen atoms in total. The van der Waals surface area contributed by atoms with Crippen LogP contribution < -0.4 is 5.73 Å². The second-order valence-electron chi connectivity index (χ2n) is 3.28. The average molecular weight is 197 g/mol. The molecule has 0 radical (unpaired) electrons. The molecular formula is C10H15NOS. The van der Waals surface area contributed by atoms with Gasteiger partial charge in [-0.15, -0.1) is 0 Å². The number of benzene rings is 1. The van der Waals surface area contributed by atoms with E-state index in [-0.39, 0.29) is 6.04 Å². The van der Waals surface area contributed by atoms with Crippen molar-refractivity contribution < 1.29 is 4.21 Å². The van der Waals surface area contributed by atoms with Crippen LogP contribution in [0, 0.1) is 0 Å². The Morgan fingerprint density at radius 3 is 2.31 bits per heavy atom. The zero-order chi connectivity index (χ0) is 9.84. The van der Waals surface area contributed by atoms with E-state index < -0.39 is 10.8 Å². The maximum Gasteiger partial charge on any atom is 0.0498 e. The fourth-order valence-corrected chi connectivity index (χ4v) is 1.71. The minimum atomic E-state index is -0.881. The maximum absolute atomic E-state index is 11.1. The van der Waals surface area contributed by atoms with Gasteiger partial charge >= 0.3 is 0 Å². The van der Waals surface area contributed by atoms with Crippen LogP contribution in [0.1, 0.15) is 12.5 Å². The van der Waals surface area contributed by atoms with Crippen LogP contribution in [0.2, 0.25) is 0 Å². The van der Waals surface area contributed by atoms with E-state index in [4.69, 9.17) is 5.73 Å². The summed E-state index contributed by atoms with van der Waals surface area (Å²) in [7, 11) is -0.881. The van der Waals surface area contributed by atoms with E-state index in [1.165, 1.54) is 5.56 Å². The molecule has 0 aromatic heterocycles. The molecule has 3 heteroatoms. The molecule has 2 N–H and O–H groups in total. The molecule has 2 atom stereocenters. The highest BCUT2D eigenvalue weighted by molar-refractivity contribution is 7.84. The third-order valence-electron chi connectivity index (χ3n) is 1.81. The highest BCUT2D eigenvalue weighted by Gasteiger charge is 1.99. The molecule has 0 spiro atoms. The number of hydrogen-bond donors (Lipinski definition) is 1. The minimum Gasteiger partial charge on any atom is -0.328 e. The normalized spacial score (nSPS) is 15.3. The van der Waals surface area contributed by atoms with Gasteiger partial charge in [-0.25, -0.2) is 0 Å². The largest absolute Gasteiger partial charge is 0.328 e. The van der Waals surface area contributed by atoms with Crippen molar-refractivity contribution >= 4 is 10.8 Å². The van der Waals surface area contributed by atoms with Crippen LogP contribution in [0.25, 0.3) is 0 Å². The third-order valence-corrected chi connectivity index (χ3v) is 2.75. The number of rotatable bonds is 3. The highest BCUT2D eigenvalue weighted by Crippen LogP contribution is 2.08. The van der Waals surface area contributed by atoms with Crippen LogP contribution in [0.5, 0.6) is 0 Å². The van der Waals surface area contributed by atoms with E-state index in [0.29, 0.717) is 0 Å². The first-order valence-corrected chi connectivity index (χ1v) is 5.83. The van der Waals surface area contributed by atoms with Crippen molar-refractivity contribution in [3.05, 3.63) is 29.8 Å². The molecule has 13 heavy (non-hydrogen) atoms. The fraction of sp³-hybridized carbons (Fsp3) is 0.400. The first-order chi connectivity index (χ1) is 6.09. The third kappa shape index (κ3) is 3.28. The first kappa shape index (κ1) is 10.4. The van der Waals surface area contributed by atoms with Crippen LogP contribution in [0.4, 0.5) is 0 Å². The van der Waals surface area contributed by atoms with Gasteiger partial charge in [-0.2, -0.15) is 0 Å². The summed E-state index contributed by atoms with van der Waals surface area (Å²) in [6.07, 6.45) is 2.55. The fourth-order valence-electron chi connectivity index (χ4n) is 1.19. The summed E-state index contributed by atoms with van der Waals surface area (Å²) in [6, 6.07) is 7.94. The second-order valence-corrected chi connectivity index (χ2v) is 4.66. The van der Waals surface area contributed by atoms with Gasteiger partial charge in [0.1, 0.15) is 0 Å². The van der Waals surface area contributed by atoms with E-state index in [2.05, 4.69) is 0 Å². The van der Waals surface area contributed by atoms with Gasteiger partial charge in [0.05, 0.1) is 0 Å². The Labute approximate surface area is 81.6 Å². The van der Waals surface area contributed by atoms with Gasteiger partial charge in [-0.3, -0.25) is 4.21 Å². The average Bonchev–Trinajstić information content (AvgIpc) is 2.04. The van der Waals surface area contributed by atoms with E-state index >= 15 is 0 Å². The van der Waals surface area contributed by atoms with Crippen LogP contribution in [-0.2, 0) is 17.2 Å². The Hall–Kier alpha value is -0.670. The summed E-state index contributed by atoms with van der Waals surface area (Å²) in [6.45, 7) is 1.98. The van der Waals surface area contributed by atoms with Gasteiger partial charge in [0.2, 0.25) is 0 Å². The van der Waals surface area contributed by atoms with Crippen molar-refractivity contribution in [2.24, 2.45) is 5.73 Å². The monoisotopic (exact) mass is 197 g/mol. The lowest BCUT2D eigenvalue weighted by Crippen LogP contribution is -2.17. The Balaban J connectivity index is 2.75. The van der Waals surface area contributed by atoms with Gasteiger partial charge in [-0.1, -0.05) is 12.1 Å². The standard InChI is InChI=1S/C10H15NOS/c1-8(11)7-9-3-5-10(6-4-9)13(2)12/h3-6,8H,7,11H2,1-2H3. The predicted molar refractivity (Wildman–Crippen MR) is 56.1 cm³/mol. The topological polar surface area (TPSA) is 43.1 Å². The molecule has 2 unspecified atom stereocenters. The van der Waals surface area contributed by atoms with Gasteiger partial charge in [0.15, 0.2) is 0 Å². The first-order valence-electron chi connectivity index (χ1n) is 4.27.